The Labute approximate surface area is 157 Å². The molecule has 2 rings (SSSR count). The molecule has 1 heterocycles. The number of aliphatic hydroxyl groups is 1. The Hall–Kier alpha value is -0.820. The highest BCUT2D eigenvalue weighted by Gasteiger charge is 2.25. The summed E-state index contributed by atoms with van der Waals surface area (Å²) in [5.41, 5.74) is 2.59. The van der Waals surface area contributed by atoms with Gasteiger partial charge in [-0.15, -0.1) is 24.0 Å². The van der Waals surface area contributed by atoms with Gasteiger partial charge in [-0.05, 0) is 25.8 Å². The third-order valence-electron chi connectivity index (χ3n) is 4.22. The second-order valence-corrected chi connectivity index (χ2v) is 6.81. The molecule has 1 fully saturated rings. The van der Waals surface area contributed by atoms with Crippen LogP contribution in [0.15, 0.2) is 29.3 Å². The van der Waals surface area contributed by atoms with E-state index in [1.807, 2.05) is 0 Å². The predicted molar refractivity (Wildman–Crippen MR) is 108 cm³/mol. The van der Waals surface area contributed by atoms with Gasteiger partial charge in [-0.1, -0.05) is 43.7 Å². The number of β-amino-alcohol motifs (C(OH)–C–C–N with tert-alkyl or cyclic N) is 1. The molecular weight excluding hydrogens is 401 g/mol. The molecule has 0 saturated carbocycles. The summed E-state index contributed by atoms with van der Waals surface area (Å²) in [4.78, 5) is 6.98. The molecule has 0 spiro atoms. The maximum atomic E-state index is 9.73. The monoisotopic (exact) mass is 431 g/mol. The number of nitrogens with zero attached hydrogens (tertiary/aromatic N) is 2. The molecule has 1 aromatic carbocycles. The van der Waals surface area contributed by atoms with E-state index < -0.39 is 0 Å². The molecule has 5 heteroatoms. The first kappa shape index (κ1) is 20.2. The fourth-order valence-electron chi connectivity index (χ4n) is 2.79. The fraction of sp³-hybridized carbons (Fsp3) is 0.611. The molecule has 0 amide bonds. The van der Waals surface area contributed by atoms with Crippen molar-refractivity contribution in [2.24, 2.45) is 4.99 Å². The molecule has 0 aromatic heterocycles. The topological polar surface area (TPSA) is 47.9 Å². The van der Waals surface area contributed by atoms with E-state index in [2.05, 4.69) is 62.2 Å². The summed E-state index contributed by atoms with van der Waals surface area (Å²) < 4.78 is 0. The van der Waals surface area contributed by atoms with Crippen molar-refractivity contribution in [1.29, 1.82) is 0 Å². The summed E-state index contributed by atoms with van der Waals surface area (Å²) >= 11 is 0. The van der Waals surface area contributed by atoms with Crippen LogP contribution >= 0.6 is 24.0 Å². The number of guanidine groups is 1. The van der Waals surface area contributed by atoms with Gasteiger partial charge >= 0.3 is 0 Å². The molecule has 130 valence electrons. The number of halogens is 1. The van der Waals surface area contributed by atoms with Gasteiger partial charge in [-0.3, -0.25) is 4.99 Å². The first-order valence-corrected chi connectivity index (χ1v) is 8.21. The van der Waals surface area contributed by atoms with Gasteiger partial charge in [0.25, 0.3) is 0 Å². The molecule has 1 aliphatic rings. The molecule has 1 saturated heterocycles. The van der Waals surface area contributed by atoms with Gasteiger partial charge in [-0.2, -0.15) is 0 Å². The minimum Gasteiger partial charge on any atom is -0.391 e. The number of aliphatic hydroxyl groups excluding tert-OH is 1. The zero-order valence-corrected chi connectivity index (χ0v) is 17.0. The van der Waals surface area contributed by atoms with Crippen molar-refractivity contribution in [2.45, 2.75) is 45.6 Å². The van der Waals surface area contributed by atoms with Crippen molar-refractivity contribution in [3.8, 4) is 0 Å². The highest BCUT2D eigenvalue weighted by Crippen LogP contribution is 2.24. The first-order chi connectivity index (χ1) is 10.4. The summed E-state index contributed by atoms with van der Waals surface area (Å²) in [7, 11) is 0. The van der Waals surface area contributed by atoms with E-state index in [0.29, 0.717) is 6.54 Å². The van der Waals surface area contributed by atoms with Crippen LogP contribution in [0.4, 0.5) is 0 Å². The van der Waals surface area contributed by atoms with Gasteiger partial charge in [0, 0.05) is 25.0 Å². The third-order valence-corrected chi connectivity index (χ3v) is 4.22. The van der Waals surface area contributed by atoms with Crippen LogP contribution in [0.2, 0.25) is 0 Å². The minimum atomic E-state index is -0.228. The zero-order chi connectivity index (χ0) is 16.2. The largest absolute Gasteiger partial charge is 0.391 e. The van der Waals surface area contributed by atoms with Gasteiger partial charge in [0.05, 0.1) is 12.6 Å². The number of benzene rings is 1. The summed E-state index contributed by atoms with van der Waals surface area (Å²) in [6.07, 6.45) is 0.597. The second kappa shape index (κ2) is 8.87. The van der Waals surface area contributed by atoms with Crippen molar-refractivity contribution in [3.63, 3.8) is 0 Å². The Bertz CT molecular complexity index is 531. The third kappa shape index (κ3) is 5.64. The summed E-state index contributed by atoms with van der Waals surface area (Å²) in [5, 5.41) is 13.1. The average Bonchev–Trinajstić information content (AvgIpc) is 2.90. The van der Waals surface area contributed by atoms with Crippen molar-refractivity contribution >= 4 is 29.9 Å². The minimum absolute atomic E-state index is 0. The van der Waals surface area contributed by atoms with Gasteiger partial charge in [-0.25, -0.2) is 0 Å². The number of nitrogens with one attached hydrogen (secondary N) is 1. The molecule has 23 heavy (non-hydrogen) atoms. The standard InChI is InChI=1S/C18H29N3O.HI/c1-5-19-17(21-10-9-16(22)12-21)20-13-18(3,4)15-8-6-7-14(2)11-15;/h6-8,11,16,22H,5,9-10,12-13H2,1-4H3,(H,19,20);1H/t16-;/m1./s1. The van der Waals surface area contributed by atoms with E-state index in [0.717, 1.165) is 32.0 Å². The highest BCUT2D eigenvalue weighted by molar-refractivity contribution is 14.0. The summed E-state index contributed by atoms with van der Waals surface area (Å²) in [5.74, 6) is 0.916. The second-order valence-electron chi connectivity index (χ2n) is 6.81. The Balaban J connectivity index is 0.00000264. The maximum absolute atomic E-state index is 9.73. The fourth-order valence-corrected chi connectivity index (χ4v) is 2.79. The van der Waals surface area contributed by atoms with Crippen LogP contribution in [-0.2, 0) is 5.41 Å². The van der Waals surface area contributed by atoms with Crippen LogP contribution in [0.3, 0.4) is 0 Å². The van der Waals surface area contributed by atoms with Crippen molar-refractivity contribution < 1.29 is 5.11 Å². The Morgan fingerprint density at radius 1 is 1.43 bits per heavy atom. The summed E-state index contributed by atoms with van der Waals surface area (Å²) in [6.45, 7) is 11.8. The normalized spacial score (nSPS) is 18.7. The van der Waals surface area contributed by atoms with Crippen molar-refractivity contribution in [3.05, 3.63) is 35.4 Å². The molecule has 0 bridgehead atoms. The van der Waals surface area contributed by atoms with E-state index in [4.69, 9.17) is 4.99 Å². The molecule has 0 unspecified atom stereocenters. The van der Waals surface area contributed by atoms with E-state index in [1.54, 1.807) is 0 Å². The van der Waals surface area contributed by atoms with Gasteiger partial charge in [0.2, 0.25) is 0 Å². The first-order valence-electron chi connectivity index (χ1n) is 8.21. The molecule has 4 nitrogen and oxygen atoms in total. The van der Waals surface area contributed by atoms with E-state index in [1.165, 1.54) is 11.1 Å². The van der Waals surface area contributed by atoms with Crippen LogP contribution in [0.25, 0.3) is 0 Å². The van der Waals surface area contributed by atoms with E-state index >= 15 is 0 Å². The van der Waals surface area contributed by atoms with Crippen molar-refractivity contribution in [1.82, 2.24) is 10.2 Å². The number of likely N-dealkylation sites (tertiary alicyclic amines) is 1. The SMILES string of the molecule is CCNC(=NCC(C)(C)c1cccc(C)c1)N1CC[C@@H](O)C1.I. The van der Waals surface area contributed by atoms with Crippen LogP contribution in [-0.4, -0.2) is 48.2 Å². The van der Waals surface area contributed by atoms with E-state index in [-0.39, 0.29) is 35.5 Å². The van der Waals surface area contributed by atoms with Crippen LogP contribution in [0.5, 0.6) is 0 Å². The smallest absolute Gasteiger partial charge is 0.194 e. The molecule has 0 radical (unpaired) electrons. The Morgan fingerprint density at radius 3 is 2.74 bits per heavy atom. The lowest BCUT2D eigenvalue weighted by molar-refractivity contribution is 0.187. The van der Waals surface area contributed by atoms with Crippen molar-refractivity contribution in [2.75, 3.05) is 26.2 Å². The Morgan fingerprint density at radius 2 is 2.17 bits per heavy atom. The highest BCUT2D eigenvalue weighted by atomic mass is 127. The molecule has 2 N–H and O–H groups in total. The predicted octanol–water partition coefficient (Wildman–Crippen LogP) is 2.92. The number of hydrogen-bond donors (Lipinski definition) is 2. The number of aryl methyl sites for hydroxylation is 1. The number of aliphatic imine (C=N–C) groups is 1. The van der Waals surface area contributed by atoms with Crippen LogP contribution in [0, 0.1) is 6.92 Å². The lowest BCUT2D eigenvalue weighted by Gasteiger charge is -2.26. The molecule has 1 aliphatic heterocycles. The van der Waals surface area contributed by atoms with Crippen LogP contribution < -0.4 is 5.32 Å². The lowest BCUT2D eigenvalue weighted by Crippen LogP contribution is -2.41. The van der Waals surface area contributed by atoms with Crippen LogP contribution in [0.1, 0.15) is 38.3 Å². The maximum Gasteiger partial charge on any atom is 0.194 e. The molecule has 1 atom stereocenters. The lowest BCUT2D eigenvalue weighted by atomic mass is 9.84. The van der Waals surface area contributed by atoms with Gasteiger partial charge < -0.3 is 15.3 Å². The number of rotatable bonds is 4. The average molecular weight is 431 g/mol. The quantitative estimate of drug-likeness (QED) is 0.438. The van der Waals surface area contributed by atoms with Gasteiger partial charge in [0.15, 0.2) is 5.96 Å². The zero-order valence-electron chi connectivity index (χ0n) is 14.7. The number of hydrogen-bond acceptors (Lipinski definition) is 2. The molecule has 1 aromatic rings. The van der Waals surface area contributed by atoms with E-state index in [9.17, 15) is 5.11 Å². The molecule has 0 aliphatic carbocycles. The van der Waals surface area contributed by atoms with Gasteiger partial charge in [0.1, 0.15) is 0 Å². The summed E-state index contributed by atoms with van der Waals surface area (Å²) in [6, 6.07) is 8.65. The Kier molecular flexibility index (Phi) is 7.80. The molecular formula is C18H30IN3O.